The monoisotopic (exact) mass is 656 g/mol. The third kappa shape index (κ3) is 4.42. The van der Waals surface area contributed by atoms with Crippen LogP contribution in [-0.4, -0.2) is 51.6 Å². The number of alkyl halides is 18. The molecule has 1 aliphatic rings. The maximum absolute atomic E-state index is 14.5. The zero-order chi connectivity index (χ0) is 27.4. The molecule has 0 aromatic rings. The van der Waals surface area contributed by atoms with Crippen LogP contribution in [0, 0.1) is 5.92 Å². The minimum absolute atomic E-state index is 0.0924. The van der Waals surface area contributed by atoms with Crippen molar-refractivity contribution in [3.05, 3.63) is 0 Å². The largest absolute Gasteiger partial charge is 0.460 e. The van der Waals surface area contributed by atoms with Gasteiger partial charge in [-0.1, -0.05) is 48.3 Å². The van der Waals surface area contributed by atoms with Gasteiger partial charge in [0.1, 0.15) is 0 Å². The van der Waals surface area contributed by atoms with Crippen LogP contribution in [0.3, 0.4) is 0 Å². The van der Waals surface area contributed by atoms with Crippen molar-refractivity contribution in [1.29, 1.82) is 0 Å². The predicted octanol–water partition coefficient (Wildman–Crippen LogP) is 8.77. The maximum atomic E-state index is 14.5. The van der Waals surface area contributed by atoms with Gasteiger partial charge in [-0.05, 0) is 12.8 Å². The summed E-state index contributed by atoms with van der Waals surface area (Å²) in [7, 11) is 0. The van der Waals surface area contributed by atoms with Gasteiger partial charge in [0.25, 0.3) is 0 Å². The van der Waals surface area contributed by atoms with Crippen molar-refractivity contribution < 1.29 is 74.6 Å². The van der Waals surface area contributed by atoms with E-state index in [-0.39, 0.29) is 25.7 Å². The molecule has 1 fully saturated rings. The van der Waals surface area contributed by atoms with Crippen molar-refractivity contribution >= 4 is 22.6 Å². The molecule has 0 saturated heterocycles. The average molecular weight is 656 g/mol. The summed E-state index contributed by atoms with van der Waals surface area (Å²) in [4.78, 5) is 0. The fourth-order valence-electron chi connectivity index (χ4n) is 3.26. The molecule has 1 rings (SSSR count). The smallest absolute Gasteiger partial charge is 0.199 e. The van der Waals surface area contributed by atoms with E-state index in [1.54, 1.807) is 0 Å². The highest BCUT2D eigenvalue weighted by molar-refractivity contribution is 14.1. The van der Waals surface area contributed by atoms with Crippen LogP contribution < -0.4 is 0 Å². The van der Waals surface area contributed by atoms with Gasteiger partial charge in [-0.15, -0.1) is 0 Å². The summed E-state index contributed by atoms with van der Waals surface area (Å²) in [5.74, 6) is -58.6. The molecule has 2 atom stereocenters. The zero-order valence-electron chi connectivity index (χ0n) is 16.2. The van der Waals surface area contributed by atoms with E-state index in [1.807, 2.05) is 0 Å². The summed E-state index contributed by atoms with van der Waals surface area (Å²) in [5.41, 5.74) is 0. The van der Waals surface area contributed by atoms with Gasteiger partial charge in [0, 0.05) is 9.84 Å². The molecule has 0 aromatic carbocycles. The van der Waals surface area contributed by atoms with Gasteiger partial charge in [0.15, 0.2) is 0 Å². The Balaban J connectivity index is 3.61. The molecule has 34 heavy (non-hydrogen) atoms. The van der Waals surface area contributed by atoms with E-state index in [2.05, 4.69) is 0 Å². The minimum atomic E-state index is -8.58. The van der Waals surface area contributed by atoms with Gasteiger partial charge in [-0.25, -0.2) is 0 Å². The lowest BCUT2D eigenvalue weighted by Gasteiger charge is -2.44. The van der Waals surface area contributed by atoms with Crippen LogP contribution >= 0.6 is 22.6 Å². The molecule has 1 saturated carbocycles. The number of halogens is 18. The van der Waals surface area contributed by atoms with Crippen molar-refractivity contribution in [1.82, 2.24) is 0 Å². The van der Waals surface area contributed by atoms with Crippen molar-refractivity contribution in [3.8, 4) is 0 Å². The van der Waals surface area contributed by atoms with Crippen molar-refractivity contribution in [2.24, 2.45) is 5.92 Å². The number of hydrogen-bond donors (Lipinski definition) is 0. The lowest BCUT2D eigenvalue weighted by atomic mass is 9.80. The van der Waals surface area contributed by atoms with Crippen LogP contribution in [0.2, 0.25) is 0 Å². The molecule has 0 N–H and O–H groups in total. The maximum Gasteiger partial charge on any atom is 0.460 e. The van der Waals surface area contributed by atoms with Gasteiger partial charge in [0.05, 0.1) is 0 Å². The molecule has 0 amide bonds. The molecule has 204 valence electrons. The van der Waals surface area contributed by atoms with E-state index in [4.69, 9.17) is 0 Å². The van der Waals surface area contributed by atoms with Crippen molar-refractivity contribution in [2.75, 3.05) is 0 Å². The first-order valence-electron chi connectivity index (χ1n) is 9.12. The first-order chi connectivity index (χ1) is 14.8. The van der Waals surface area contributed by atoms with Gasteiger partial charge >= 0.3 is 47.6 Å². The summed E-state index contributed by atoms with van der Waals surface area (Å²) in [6, 6.07) is 0. The first-order valence-corrected chi connectivity index (χ1v) is 10.4. The molecule has 0 radical (unpaired) electrons. The van der Waals surface area contributed by atoms with Crippen LogP contribution in [0.1, 0.15) is 38.5 Å². The lowest BCUT2D eigenvalue weighted by molar-refractivity contribution is -0.463. The minimum Gasteiger partial charge on any atom is -0.199 e. The molecule has 0 aliphatic heterocycles. The summed E-state index contributed by atoms with van der Waals surface area (Å²) >= 11 is 1.09. The Labute approximate surface area is 193 Å². The summed E-state index contributed by atoms with van der Waals surface area (Å²) < 4.78 is 226. The van der Waals surface area contributed by atoms with Gasteiger partial charge in [-0.3, -0.25) is 0 Å². The fraction of sp³-hybridized carbons (Fsp3) is 1.00. The van der Waals surface area contributed by atoms with E-state index >= 15 is 0 Å². The van der Waals surface area contributed by atoms with Gasteiger partial charge in [-0.2, -0.15) is 74.6 Å². The Morgan fingerprint density at radius 1 is 0.412 bits per heavy atom. The van der Waals surface area contributed by atoms with Crippen LogP contribution in [-0.2, 0) is 0 Å². The standard InChI is InChI=1S/C16H14F17I/c17-9(18,7-5-3-1-2-4-6-8(7)34)10(19,20)11(21,22)12(23,24)13(25,26)14(27,28)15(29,30)16(31,32)33/h7-8H,1-6H2. The lowest BCUT2D eigenvalue weighted by Crippen LogP contribution is -2.75. The van der Waals surface area contributed by atoms with Crippen LogP contribution in [0.25, 0.3) is 0 Å². The third-order valence-electron chi connectivity index (χ3n) is 5.39. The topological polar surface area (TPSA) is 0 Å². The molecule has 0 nitrogen and oxygen atoms in total. The highest BCUT2D eigenvalue weighted by Gasteiger charge is 2.95. The predicted molar refractivity (Wildman–Crippen MR) is 89.7 cm³/mol. The Kier molecular flexibility index (Phi) is 8.48. The normalized spacial score (nSPS) is 23.5. The van der Waals surface area contributed by atoms with Gasteiger partial charge < -0.3 is 0 Å². The van der Waals surface area contributed by atoms with Crippen molar-refractivity contribution in [2.45, 2.75) is 90.1 Å². The van der Waals surface area contributed by atoms with E-state index in [1.165, 1.54) is 0 Å². The van der Waals surface area contributed by atoms with Gasteiger partial charge in [0.2, 0.25) is 0 Å². The third-order valence-corrected chi connectivity index (χ3v) is 6.88. The van der Waals surface area contributed by atoms with Crippen molar-refractivity contribution in [3.63, 3.8) is 0 Å². The molecule has 0 bridgehead atoms. The molecular weight excluding hydrogens is 642 g/mol. The molecule has 0 spiro atoms. The van der Waals surface area contributed by atoms with E-state index in [0.29, 0.717) is 6.42 Å². The number of hydrogen-bond acceptors (Lipinski definition) is 0. The summed E-state index contributed by atoms with van der Waals surface area (Å²) in [6.45, 7) is 0. The molecule has 0 heterocycles. The highest BCUT2D eigenvalue weighted by Crippen LogP contribution is 2.65. The molecule has 1 aliphatic carbocycles. The molecule has 18 heteroatoms. The Morgan fingerprint density at radius 3 is 1.12 bits per heavy atom. The van der Waals surface area contributed by atoms with E-state index in [9.17, 15) is 74.6 Å². The second kappa shape index (κ2) is 9.13. The molecular formula is C16H14F17I. The first kappa shape index (κ1) is 31.6. The quantitative estimate of drug-likeness (QED) is 0.146. The van der Waals surface area contributed by atoms with Crippen LogP contribution in [0.15, 0.2) is 0 Å². The Hall–Kier alpha value is -0.460. The Bertz CT molecular complexity index is 711. The summed E-state index contributed by atoms with van der Waals surface area (Å²) in [6.07, 6.45) is -8.85. The fourth-order valence-corrected chi connectivity index (χ4v) is 4.51. The molecule has 2 unspecified atom stereocenters. The number of rotatable bonds is 7. The highest BCUT2D eigenvalue weighted by atomic mass is 127. The Morgan fingerprint density at radius 2 is 0.735 bits per heavy atom. The molecule has 0 aromatic heterocycles. The second-order valence-electron chi connectivity index (χ2n) is 7.68. The SMILES string of the molecule is FC(F)(F)C(F)(F)C(F)(F)C(F)(F)C(F)(F)C(F)(F)C(F)(F)C(F)(F)C1CCCCCCC1I. The van der Waals surface area contributed by atoms with E-state index < -0.39 is 63.9 Å². The zero-order valence-corrected chi connectivity index (χ0v) is 18.4. The summed E-state index contributed by atoms with van der Waals surface area (Å²) in [5, 5.41) is 0. The van der Waals surface area contributed by atoms with Crippen LogP contribution in [0.5, 0.6) is 0 Å². The van der Waals surface area contributed by atoms with E-state index in [0.717, 1.165) is 22.6 Å². The van der Waals surface area contributed by atoms with Crippen LogP contribution in [0.4, 0.5) is 74.6 Å². The average Bonchev–Trinajstić information content (AvgIpc) is 2.62. The second-order valence-corrected chi connectivity index (χ2v) is 9.28.